The smallest absolute Gasteiger partial charge is 0.269 e. The highest BCUT2D eigenvalue weighted by Gasteiger charge is 2.57. The van der Waals surface area contributed by atoms with Crippen LogP contribution in [0.4, 0.5) is 0 Å². The number of aromatic nitrogens is 2. The summed E-state index contributed by atoms with van der Waals surface area (Å²) >= 11 is 0. The van der Waals surface area contributed by atoms with E-state index in [9.17, 15) is 14.4 Å². The van der Waals surface area contributed by atoms with Gasteiger partial charge in [-0.05, 0) is 24.8 Å². The Morgan fingerprint density at radius 2 is 2.09 bits per heavy atom. The van der Waals surface area contributed by atoms with Gasteiger partial charge in [0.05, 0.1) is 11.1 Å². The molecule has 1 aromatic carbocycles. The number of para-hydroxylation sites is 1. The summed E-state index contributed by atoms with van der Waals surface area (Å²) < 4.78 is 1.49. The van der Waals surface area contributed by atoms with Crippen molar-refractivity contribution in [3.8, 4) is 0 Å². The normalized spacial score (nSPS) is 25.4. The first-order valence-corrected chi connectivity index (χ1v) is 7.56. The van der Waals surface area contributed by atoms with Crippen molar-refractivity contribution in [3.05, 3.63) is 30.0 Å². The molecule has 0 spiro atoms. The van der Waals surface area contributed by atoms with Gasteiger partial charge < -0.3 is 15.4 Å². The molecule has 3 fully saturated rings. The van der Waals surface area contributed by atoms with Gasteiger partial charge in [-0.1, -0.05) is 18.2 Å². The van der Waals surface area contributed by atoms with Gasteiger partial charge in [0.1, 0.15) is 12.8 Å². The van der Waals surface area contributed by atoms with Gasteiger partial charge in [0.2, 0.25) is 5.91 Å². The Morgan fingerprint density at radius 1 is 1.35 bits per heavy atom. The highest BCUT2D eigenvalue weighted by Crippen LogP contribution is 2.49. The van der Waals surface area contributed by atoms with E-state index in [-0.39, 0.29) is 18.1 Å². The summed E-state index contributed by atoms with van der Waals surface area (Å²) in [5.41, 5.74) is 5.59. The number of hydrogen-bond acceptors (Lipinski definition) is 4. The first-order valence-electron chi connectivity index (χ1n) is 7.56. The molecule has 1 aliphatic carbocycles. The zero-order valence-corrected chi connectivity index (χ0v) is 12.4. The molecule has 5 rings (SSSR count). The van der Waals surface area contributed by atoms with Crippen LogP contribution in [0.5, 0.6) is 0 Å². The van der Waals surface area contributed by atoms with E-state index in [4.69, 9.17) is 5.73 Å². The first-order chi connectivity index (χ1) is 11.0. The Balaban J connectivity index is 1.67. The van der Waals surface area contributed by atoms with Crippen LogP contribution in [0.3, 0.4) is 0 Å². The highest BCUT2D eigenvalue weighted by molar-refractivity contribution is 6.04. The van der Waals surface area contributed by atoms with E-state index in [1.54, 1.807) is 23.1 Å². The van der Waals surface area contributed by atoms with E-state index in [1.807, 2.05) is 6.07 Å². The molecule has 2 saturated heterocycles. The number of benzene rings is 1. The summed E-state index contributed by atoms with van der Waals surface area (Å²) in [6.07, 6.45) is 2.41. The van der Waals surface area contributed by atoms with Crippen LogP contribution in [0.1, 0.15) is 23.3 Å². The number of carbonyl (C=O) groups is 3. The fourth-order valence-corrected chi connectivity index (χ4v) is 3.88. The van der Waals surface area contributed by atoms with Crippen molar-refractivity contribution in [3.63, 3.8) is 0 Å². The number of nitrogens with two attached hydrogens (primary N) is 1. The van der Waals surface area contributed by atoms with Gasteiger partial charge in [-0.15, -0.1) is 0 Å². The first kappa shape index (κ1) is 13.9. The second kappa shape index (κ2) is 4.65. The van der Waals surface area contributed by atoms with Crippen LogP contribution in [0.25, 0.3) is 10.9 Å². The largest absolute Gasteiger partial charge is 0.364 e. The quantitative estimate of drug-likeness (QED) is 0.822. The van der Waals surface area contributed by atoms with E-state index in [0.29, 0.717) is 23.4 Å². The summed E-state index contributed by atoms with van der Waals surface area (Å²) in [5, 5.41) is 4.82. The topological polar surface area (TPSA) is 98.3 Å². The minimum atomic E-state index is -0.625. The molecule has 0 unspecified atom stereocenters. The zero-order valence-electron chi connectivity index (χ0n) is 12.4. The molecule has 23 heavy (non-hydrogen) atoms. The van der Waals surface area contributed by atoms with Crippen molar-refractivity contribution in [1.82, 2.24) is 14.7 Å². The summed E-state index contributed by atoms with van der Waals surface area (Å²) in [6.45, 7) is 0.621. The Bertz CT molecular complexity index is 835. The lowest BCUT2D eigenvalue weighted by Gasteiger charge is -2.36. The second-order valence-corrected chi connectivity index (χ2v) is 6.39. The number of aldehydes is 1. The summed E-state index contributed by atoms with van der Waals surface area (Å²) in [6, 6.07) is 7.15. The van der Waals surface area contributed by atoms with Crippen LogP contribution >= 0.6 is 0 Å². The molecular weight excluding hydrogens is 296 g/mol. The summed E-state index contributed by atoms with van der Waals surface area (Å²) in [4.78, 5) is 37.2. The third kappa shape index (κ3) is 1.89. The van der Waals surface area contributed by atoms with E-state index < -0.39 is 11.4 Å². The molecule has 2 aromatic rings. The molecule has 0 radical (unpaired) electrons. The minimum Gasteiger partial charge on any atom is -0.364 e. The maximum Gasteiger partial charge on any atom is 0.269 e. The zero-order chi connectivity index (χ0) is 16.2. The fraction of sp³-hybridized carbons (Fsp3) is 0.375. The Kier molecular flexibility index (Phi) is 2.81. The van der Waals surface area contributed by atoms with Crippen LogP contribution in [0.15, 0.2) is 24.3 Å². The number of amides is 2. The lowest BCUT2D eigenvalue weighted by atomic mass is 9.74. The van der Waals surface area contributed by atoms with Gasteiger partial charge >= 0.3 is 0 Å². The van der Waals surface area contributed by atoms with Crippen molar-refractivity contribution >= 4 is 29.0 Å². The standard InChI is InChI=1S/C16H16N4O3/c17-15(23)14-11-3-1-2-4-12(11)20(18-14)8-13(22)19-7-10-5-16(19,6-10)9-21/h1-4,9-10H,5-8H2,(H2,17,23). The van der Waals surface area contributed by atoms with Gasteiger partial charge in [-0.2, -0.15) is 5.10 Å². The highest BCUT2D eigenvalue weighted by atomic mass is 16.2. The molecule has 0 atom stereocenters. The second-order valence-electron chi connectivity index (χ2n) is 6.39. The van der Waals surface area contributed by atoms with Crippen LogP contribution in [-0.4, -0.2) is 44.9 Å². The van der Waals surface area contributed by atoms with Crippen molar-refractivity contribution in [2.75, 3.05) is 6.54 Å². The van der Waals surface area contributed by atoms with Gasteiger partial charge in [-0.25, -0.2) is 0 Å². The van der Waals surface area contributed by atoms with E-state index in [1.165, 1.54) is 4.68 Å². The molecular formula is C16H16N4O3. The van der Waals surface area contributed by atoms with Gasteiger partial charge in [-0.3, -0.25) is 14.3 Å². The number of fused-ring (bicyclic) bond motifs is 2. The molecule has 2 aliphatic heterocycles. The molecule has 7 heteroatoms. The molecule has 2 bridgehead atoms. The number of carbonyl (C=O) groups excluding carboxylic acids is 3. The molecule has 3 heterocycles. The Labute approximate surface area is 132 Å². The van der Waals surface area contributed by atoms with E-state index in [0.717, 1.165) is 19.1 Å². The Morgan fingerprint density at radius 3 is 2.78 bits per heavy atom. The van der Waals surface area contributed by atoms with Crippen LogP contribution in [-0.2, 0) is 16.1 Å². The van der Waals surface area contributed by atoms with Crippen LogP contribution in [0.2, 0.25) is 0 Å². The van der Waals surface area contributed by atoms with Crippen molar-refractivity contribution in [2.45, 2.75) is 24.9 Å². The van der Waals surface area contributed by atoms with Gasteiger partial charge in [0.25, 0.3) is 5.91 Å². The molecule has 2 amide bonds. The minimum absolute atomic E-state index is 0.00387. The molecule has 1 saturated carbocycles. The van der Waals surface area contributed by atoms with Crippen molar-refractivity contribution in [1.29, 1.82) is 0 Å². The number of hydrogen-bond donors (Lipinski definition) is 1. The SMILES string of the molecule is NC(=O)c1nn(CC(=O)N2CC3CC2(C=O)C3)c2ccccc12. The van der Waals surface area contributed by atoms with Gasteiger partial charge in [0.15, 0.2) is 5.69 Å². The number of rotatable bonds is 4. The predicted molar refractivity (Wildman–Crippen MR) is 81.5 cm³/mol. The number of primary amides is 1. The third-order valence-electron chi connectivity index (χ3n) is 4.96. The van der Waals surface area contributed by atoms with E-state index in [2.05, 4.69) is 5.10 Å². The molecule has 7 nitrogen and oxygen atoms in total. The predicted octanol–water partition coefficient (Wildman–Crippen LogP) is 0.325. The number of nitrogens with zero attached hydrogens (tertiary/aromatic N) is 3. The molecule has 2 N–H and O–H groups in total. The van der Waals surface area contributed by atoms with E-state index >= 15 is 0 Å². The third-order valence-corrected chi connectivity index (χ3v) is 4.96. The lowest BCUT2D eigenvalue weighted by Crippen LogP contribution is -2.50. The average Bonchev–Trinajstić information content (AvgIpc) is 3.16. The monoisotopic (exact) mass is 312 g/mol. The Hall–Kier alpha value is -2.70. The van der Waals surface area contributed by atoms with Crippen molar-refractivity contribution in [2.24, 2.45) is 11.7 Å². The van der Waals surface area contributed by atoms with Crippen LogP contribution in [0, 0.1) is 5.92 Å². The fourth-order valence-electron chi connectivity index (χ4n) is 3.88. The molecule has 1 aromatic heterocycles. The molecule has 3 aliphatic rings. The van der Waals surface area contributed by atoms with Crippen molar-refractivity contribution < 1.29 is 14.4 Å². The van der Waals surface area contributed by atoms with Crippen LogP contribution < -0.4 is 5.73 Å². The summed E-state index contributed by atoms with van der Waals surface area (Å²) in [5.74, 6) is -0.346. The average molecular weight is 312 g/mol. The summed E-state index contributed by atoms with van der Waals surface area (Å²) in [7, 11) is 0. The molecule has 118 valence electrons. The maximum absolute atomic E-state index is 12.6. The van der Waals surface area contributed by atoms with Gasteiger partial charge in [0, 0.05) is 11.9 Å². The maximum atomic E-state index is 12.6. The lowest BCUT2D eigenvalue weighted by molar-refractivity contribution is -0.140.